The Balaban J connectivity index is 1.58. The van der Waals surface area contributed by atoms with Gasteiger partial charge in [0, 0.05) is 30.6 Å². The van der Waals surface area contributed by atoms with Crippen LogP contribution in [-0.4, -0.2) is 48.3 Å². The fraction of sp³-hybridized carbons (Fsp3) is 0.706. The summed E-state index contributed by atoms with van der Waals surface area (Å²) in [5.74, 6) is 0.577. The molecular formula is C17H29N3O2S. The molecule has 1 unspecified atom stereocenters. The molecule has 0 bridgehead atoms. The van der Waals surface area contributed by atoms with Gasteiger partial charge in [-0.15, -0.1) is 11.3 Å². The summed E-state index contributed by atoms with van der Waals surface area (Å²) < 4.78 is 0. The number of piperidine rings is 1. The average Bonchev–Trinajstić information content (AvgIpc) is 3.05. The van der Waals surface area contributed by atoms with E-state index in [1.54, 1.807) is 0 Å². The number of carbonyl (C=O) groups excluding carboxylic acids is 1. The highest BCUT2D eigenvalue weighted by atomic mass is 32.1. The molecule has 1 aromatic rings. The minimum atomic E-state index is -0.0866. The smallest absolute Gasteiger partial charge is 0.315 e. The number of thiophene rings is 1. The molecule has 1 aliphatic rings. The standard InChI is InChI=1S/C17H29N3O2S/c1-14(4-2-10-21)19-17(22)18-12-15-6-8-20(9-7-15)13-16-5-3-11-23-16/h3,5,11,14-15,21H,2,4,6-10,12-13H2,1H3,(H2,18,19,22). The Bertz CT molecular complexity index is 445. The minimum absolute atomic E-state index is 0.0866. The maximum atomic E-state index is 11.8. The van der Waals surface area contributed by atoms with E-state index in [1.165, 1.54) is 4.88 Å². The quantitative estimate of drug-likeness (QED) is 0.681. The number of carbonyl (C=O) groups is 1. The number of urea groups is 1. The summed E-state index contributed by atoms with van der Waals surface area (Å²) in [7, 11) is 0. The highest BCUT2D eigenvalue weighted by molar-refractivity contribution is 7.09. The predicted molar refractivity (Wildman–Crippen MR) is 94.6 cm³/mol. The van der Waals surface area contributed by atoms with Crippen LogP contribution in [0.4, 0.5) is 4.79 Å². The summed E-state index contributed by atoms with van der Waals surface area (Å²) >= 11 is 1.82. The molecule has 1 saturated heterocycles. The van der Waals surface area contributed by atoms with Crippen molar-refractivity contribution in [3.8, 4) is 0 Å². The lowest BCUT2D eigenvalue weighted by atomic mass is 9.97. The van der Waals surface area contributed by atoms with E-state index in [2.05, 4.69) is 33.0 Å². The molecule has 0 aromatic carbocycles. The van der Waals surface area contributed by atoms with Crippen LogP contribution in [0.3, 0.4) is 0 Å². The van der Waals surface area contributed by atoms with Gasteiger partial charge < -0.3 is 15.7 Å². The van der Waals surface area contributed by atoms with Crippen molar-refractivity contribution in [3.05, 3.63) is 22.4 Å². The number of nitrogens with zero attached hydrogens (tertiary/aromatic N) is 1. The summed E-state index contributed by atoms with van der Waals surface area (Å²) in [6.07, 6.45) is 3.83. The van der Waals surface area contributed by atoms with Crippen LogP contribution >= 0.6 is 11.3 Å². The largest absolute Gasteiger partial charge is 0.396 e. The van der Waals surface area contributed by atoms with Crippen molar-refractivity contribution < 1.29 is 9.90 Å². The number of likely N-dealkylation sites (tertiary alicyclic amines) is 1. The van der Waals surface area contributed by atoms with Gasteiger partial charge in [0.1, 0.15) is 0 Å². The Morgan fingerprint density at radius 1 is 1.48 bits per heavy atom. The second-order valence-corrected chi connectivity index (χ2v) is 7.45. The first-order valence-corrected chi connectivity index (χ1v) is 9.45. The molecule has 1 aliphatic heterocycles. The number of aliphatic hydroxyl groups is 1. The molecule has 6 heteroatoms. The summed E-state index contributed by atoms with van der Waals surface area (Å²) in [6.45, 7) is 6.18. The number of hydrogen-bond acceptors (Lipinski definition) is 4. The van der Waals surface area contributed by atoms with E-state index >= 15 is 0 Å². The van der Waals surface area contributed by atoms with Gasteiger partial charge in [0.05, 0.1) is 0 Å². The fourth-order valence-electron chi connectivity index (χ4n) is 2.95. The Kier molecular flexibility index (Phi) is 7.85. The molecule has 1 atom stereocenters. The summed E-state index contributed by atoms with van der Waals surface area (Å²) in [6, 6.07) is 4.32. The number of amides is 2. The molecular weight excluding hydrogens is 310 g/mol. The minimum Gasteiger partial charge on any atom is -0.396 e. The molecule has 0 spiro atoms. The normalized spacial score (nSPS) is 17.8. The molecule has 2 amide bonds. The van der Waals surface area contributed by atoms with Crippen molar-refractivity contribution in [2.75, 3.05) is 26.2 Å². The van der Waals surface area contributed by atoms with Gasteiger partial charge in [0.25, 0.3) is 0 Å². The predicted octanol–water partition coefficient (Wildman–Crippen LogP) is 2.42. The van der Waals surface area contributed by atoms with Crippen LogP contribution in [0.2, 0.25) is 0 Å². The molecule has 130 valence electrons. The fourth-order valence-corrected chi connectivity index (χ4v) is 3.70. The molecule has 23 heavy (non-hydrogen) atoms. The molecule has 2 heterocycles. The lowest BCUT2D eigenvalue weighted by Gasteiger charge is -2.31. The highest BCUT2D eigenvalue weighted by Crippen LogP contribution is 2.20. The van der Waals surface area contributed by atoms with Crippen LogP contribution in [0.15, 0.2) is 17.5 Å². The Morgan fingerprint density at radius 2 is 2.26 bits per heavy atom. The maximum Gasteiger partial charge on any atom is 0.315 e. The van der Waals surface area contributed by atoms with Gasteiger partial charge in [-0.05, 0) is 63.1 Å². The third kappa shape index (κ3) is 6.89. The monoisotopic (exact) mass is 339 g/mol. The maximum absolute atomic E-state index is 11.8. The molecule has 3 N–H and O–H groups in total. The third-order valence-electron chi connectivity index (χ3n) is 4.39. The van der Waals surface area contributed by atoms with Crippen molar-refractivity contribution in [2.45, 2.75) is 45.2 Å². The molecule has 0 saturated carbocycles. The second-order valence-electron chi connectivity index (χ2n) is 6.42. The first-order chi connectivity index (χ1) is 11.2. The van der Waals surface area contributed by atoms with Crippen molar-refractivity contribution >= 4 is 17.4 Å². The van der Waals surface area contributed by atoms with Crippen LogP contribution < -0.4 is 10.6 Å². The number of nitrogens with one attached hydrogen (secondary N) is 2. The van der Waals surface area contributed by atoms with Crippen molar-refractivity contribution in [3.63, 3.8) is 0 Å². The zero-order valence-corrected chi connectivity index (χ0v) is 14.8. The topological polar surface area (TPSA) is 64.6 Å². The van der Waals surface area contributed by atoms with E-state index in [0.717, 1.165) is 51.9 Å². The van der Waals surface area contributed by atoms with E-state index in [9.17, 15) is 4.79 Å². The molecule has 5 nitrogen and oxygen atoms in total. The SMILES string of the molecule is CC(CCCO)NC(=O)NCC1CCN(Cc2cccs2)CC1. The zero-order chi connectivity index (χ0) is 16.5. The highest BCUT2D eigenvalue weighted by Gasteiger charge is 2.20. The van der Waals surface area contributed by atoms with Gasteiger partial charge in [-0.1, -0.05) is 6.07 Å². The number of rotatable bonds is 8. The van der Waals surface area contributed by atoms with Crippen LogP contribution in [0.1, 0.15) is 37.5 Å². The summed E-state index contributed by atoms with van der Waals surface area (Å²) in [5, 5.41) is 16.8. The molecule has 0 radical (unpaired) electrons. The third-order valence-corrected chi connectivity index (χ3v) is 5.25. The zero-order valence-electron chi connectivity index (χ0n) is 14.0. The van der Waals surface area contributed by atoms with Crippen LogP contribution in [0.5, 0.6) is 0 Å². The van der Waals surface area contributed by atoms with E-state index in [1.807, 2.05) is 18.3 Å². The van der Waals surface area contributed by atoms with Crippen LogP contribution in [-0.2, 0) is 6.54 Å². The molecule has 0 aliphatic carbocycles. The van der Waals surface area contributed by atoms with Crippen molar-refractivity contribution in [1.29, 1.82) is 0 Å². The summed E-state index contributed by atoms with van der Waals surface area (Å²) in [5.41, 5.74) is 0. The Labute approximate surface area is 143 Å². The van der Waals surface area contributed by atoms with Gasteiger partial charge in [-0.25, -0.2) is 4.79 Å². The van der Waals surface area contributed by atoms with Gasteiger partial charge in [-0.3, -0.25) is 4.90 Å². The Hall–Kier alpha value is -1.11. The molecule has 2 rings (SSSR count). The van der Waals surface area contributed by atoms with E-state index in [0.29, 0.717) is 5.92 Å². The van der Waals surface area contributed by atoms with Gasteiger partial charge in [0.2, 0.25) is 0 Å². The molecule has 1 aromatic heterocycles. The lowest BCUT2D eigenvalue weighted by molar-refractivity contribution is 0.175. The first-order valence-electron chi connectivity index (χ1n) is 8.57. The van der Waals surface area contributed by atoms with Gasteiger partial charge in [0.15, 0.2) is 0 Å². The average molecular weight is 340 g/mol. The van der Waals surface area contributed by atoms with E-state index in [-0.39, 0.29) is 18.7 Å². The first kappa shape index (κ1) is 18.2. The second kappa shape index (κ2) is 9.90. The van der Waals surface area contributed by atoms with Crippen molar-refractivity contribution in [2.24, 2.45) is 5.92 Å². The molecule has 1 fully saturated rings. The van der Waals surface area contributed by atoms with E-state index < -0.39 is 0 Å². The van der Waals surface area contributed by atoms with Crippen molar-refractivity contribution in [1.82, 2.24) is 15.5 Å². The van der Waals surface area contributed by atoms with E-state index in [4.69, 9.17) is 5.11 Å². The van der Waals surface area contributed by atoms with Gasteiger partial charge >= 0.3 is 6.03 Å². The van der Waals surface area contributed by atoms with Crippen LogP contribution in [0.25, 0.3) is 0 Å². The van der Waals surface area contributed by atoms with Gasteiger partial charge in [-0.2, -0.15) is 0 Å². The number of hydrogen-bond donors (Lipinski definition) is 3. The lowest BCUT2D eigenvalue weighted by Crippen LogP contribution is -2.44. The summed E-state index contributed by atoms with van der Waals surface area (Å²) in [4.78, 5) is 15.8. The number of aliphatic hydroxyl groups excluding tert-OH is 1. The Morgan fingerprint density at radius 3 is 2.91 bits per heavy atom. The van der Waals surface area contributed by atoms with Crippen LogP contribution in [0, 0.1) is 5.92 Å².